The summed E-state index contributed by atoms with van der Waals surface area (Å²) >= 11 is 0. The molecule has 0 aliphatic heterocycles. The molecule has 0 radical (unpaired) electrons. The Morgan fingerprint density at radius 3 is 2.96 bits per heavy atom. The summed E-state index contributed by atoms with van der Waals surface area (Å²) in [5.74, 6) is -1.40. The lowest BCUT2D eigenvalue weighted by molar-refractivity contribution is -0.113. The van der Waals surface area contributed by atoms with Crippen LogP contribution >= 0.6 is 0 Å². The molecule has 3 N–H and O–H groups in total. The van der Waals surface area contributed by atoms with Gasteiger partial charge in [-0.05, 0) is 25.1 Å². The number of hydrogen-bond acceptors (Lipinski definition) is 4. The van der Waals surface area contributed by atoms with Crippen LogP contribution in [-0.4, -0.2) is 33.7 Å². The zero-order valence-corrected chi connectivity index (χ0v) is 14.7. The van der Waals surface area contributed by atoms with Gasteiger partial charge in [-0.15, -0.1) is 0 Å². The maximum Gasteiger partial charge on any atom is 0.286 e. The monoisotopic (exact) mass is 370 g/mol. The van der Waals surface area contributed by atoms with E-state index >= 15 is 0 Å². The number of carbonyl (C=O) groups excluding carboxylic acids is 1. The first-order chi connectivity index (χ1) is 13.0. The standard InChI is InChI=1S/C19H19FN4O3/c1-2-27-6-5-24-11-14(8-16(20)19(24)26)13-7-15-12(3-4-17(21)25)9-22-18(15)23-10-13/h3-4,7-11H,2,5-6H2,1H3,(H2,21,25)(H,22,23). The number of hydrogen-bond donors (Lipinski definition) is 2. The molecule has 0 spiro atoms. The quantitative estimate of drug-likeness (QED) is 0.491. The van der Waals surface area contributed by atoms with Gasteiger partial charge in [0.05, 0.1) is 6.61 Å². The molecule has 0 aliphatic rings. The minimum atomic E-state index is -0.841. The number of nitrogens with one attached hydrogen (secondary N) is 1. The number of halogens is 1. The van der Waals surface area contributed by atoms with Gasteiger partial charge in [0.25, 0.3) is 5.56 Å². The molecule has 0 aliphatic carbocycles. The van der Waals surface area contributed by atoms with Gasteiger partial charge in [0.2, 0.25) is 5.91 Å². The largest absolute Gasteiger partial charge is 0.380 e. The van der Waals surface area contributed by atoms with Crippen LogP contribution in [0, 0.1) is 5.82 Å². The number of rotatable bonds is 7. The molecular formula is C19H19FN4O3. The second-order valence-electron chi connectivity index (χ2n) is 5.87. The Hall–Kier alpha value is -3.26. The summed E-state index contributed by atoms with van der Waals surface area (Å²) in [6.07, 6.45) is 7.70. The molecule has 0 atom stereocenters. The highest BCUT2D eigenvalue weighted by molar-refractivity contribution is 5.95. The summed E-state index contributed by atoms with van der Waals surface area (Å²) in [7, 11) is 0. The number of carbonyl (C=O) groups is 1. The van der Waals surface area contributed by atoms with Crippen LogP contribution < -0.4 is 11.3 Å². The second kappa shape index (κ2) is 7.96. The Balaban J connectivity index is 2.02. The van der Waals surface area contributed by atoms with Gasteiger partial charge in [0, 0.05) is 59.9 Å². The fourth-order valence-corrected chi connectivity index (χ4v) is 2.72. The van der Waals surface area contributed by atoms with Crippen molar-refractivity contribution in [1.82, 2.24) is 14.5 Å². The lowest BCUT2D eigenvalue weighted by Crippen LogP contribution is -2.24. The van der Waals surface area contributed by atoms with E-state index in [2.05, 4.69) is 9.97 Å². The van der Waals surface area contributed by atoms with Gasteiger partial charge in [-0.3, -0.25) is 9.59 Å². The van der Waals surface area contributed by atoms with Crippen molar-refractivity contribution in [2.24, 2.45) is 5.73 Å². The fourth-order valence-electron chi connectivity index (χ4n) is 2.72. The Bertz CT molecular complexity index is 1070. The number of aromatic nitrogens is 3. The van der Waals surface area contributed by atoms with Gasteiger partial charge < -0.3 is 20.0 Å². The predicted molar refractivity (Wildman–Crippen MR) is 100 cm³/mol. The SMILES string of the molecule is CCOCCn1cc(-c2cnc3[nH]cc(C=CC(N)=O)c3c2)cc(F)c1=O. The van der Waals surface area contributed by atoms with Crippen LogP contribution in [0.1, 0.15) is 12.5 Å². The summed E-state index contributed by atoms with van der Waals surface area (Å²) in [4.78, 5) is 30.3. The van der Waals surface area contributed by atoms with Gasteiger partial charge >= 0.3 is 0 Å². The zero-order chi connectivity index (χ0) is 19.4. The Morgan fingerprint density at radius 2 is 2.22 bits per heavy atom. The molecule has 140 valence electrons. The lowest BCUT2D eigenvalue weighted by atomic mass is 10.1. The number of ether oxygens (including phenoxy) is 1. The van der Waals surface area contributed by atoms with E-state index in [0.717, 1.165) is 10.9 Å². The number of primary amides is 1. The zero-order valence-electron chi connectivity index (χ0n) is 14.7. The molecule has 0 saturated carbocycles. The van der Waals surface area contributed by atoms with Crippen LogP contribution in [0.2, 0.25) is 0 Å². The molecule has 27 heavy (non-hydrogen) atoms. The second-order valence-corrected chi connectivity index (χ2v) is 5.87. The van der Waals surface area contributed by atoms with Gasteiger partial charge in [-0.25, -0.2) is 9.37 Å². The summed E-state index contributed by atoms with van der Waals surface area (Å²) < 4.78 is 20.6. The van der Waals surface area contributed by atoms with Crippen molar-refractivity contribution in [1.29, 1.82) is 0 Å². The molecule has 0 bridgehead atoms. The molecule has 8 heteroatoms. The first-order valence-corrected chi connectivity index (χ1v) is 8.42. The number of aromatic amines is 1. The van der Waals surface area contributed by atoms with E-state index in [4.69, 9.17) is 10.5 Å². The van der Waals surface area contributed by atoms with Crippen molar-refractivity contribution in [2.75, 3.05) is 13.2 Å². The van der Waals surface area contributed by atoms with Gasteiger partial charge in [-0.1, -0.05) is 0 Å². The van der Waals surface area contributed by atoms with Gasteiger partial charge in [0.1, 0.15) is 5.65 Å². The molecule has 0 aromatic carbocycles. The molecule has 1 amide bonds. The van der Waals surface area contributed by atoms with E-state index in [1.807, 2.05) is 13.0 Å². The number of fused-ring (bicyclic) bond motifs is 1. The Kier molecular flexibility index (Phi) is 5.46. The Labute approximate surface area is 154 Å². The number of pyridine rings is 2. The molecule has 3 heterocycles. The maximum atomic E-state index is 14.1. The smallest absolute Gasteiger partial charge is 0.286 e. The minimum Gasteiger partial charge on any atom is -0.380 e. The summed E-state index contributed by atoms with van der Waals surface area (Å²) in [6, 6.07) is 3.00. The lowest BCUT2D eigenvalue weighted by Gasteiger charge is -2.09. The van der Waals surface area contributed by atoms with Crippen LogP contribution in [0.3, 0.4) is 0 Å². The van der Waals surface area contributed by atoms with E-state index < -0.39 is 17.3 Å². The molecule has 0 fully saturated rings. The van der Waals surface area contributed by atoms with E-state index in [9.17, 15) is 14.0 Å². The first kappa shape index (κ1) is 18.5. The van der Waals surface area contributed by atoms with E-state index in [1.54, 1.807) is 24.7 Å². The van der Waals surface area contributed by atoms with Crippen molar-refractivity contribution >= 4 is 23.0 Å². The van der Waals surface area contributed by atoms with Crippen LogP contribution in [0.15, 0.2) is 41.6 Å². The van der Waals surface area contributed by atoms with Crippen LogP contribution in [0.5, 0.6) is 0 Å². The molecule has 0 saturated heterocycles. The normalized spacial score (nSPS) is 11.5. The third kappa shape index (κ3) is 4.12. The summed E-state index contributed by atoms with van der Waals surface area (Å²) in [5.41, 5.74) is 6.94. The summed E-state index contributed by atoms with van der Waals surface area (Å²) in [5, 5.41) is 0.748. The third-order valence-electron chi connectivity index (χ3n) is 4.05. The molecule has 3 aromatic heterocycles. The average molecular weight is 370 g/mol. The van der Waals surface area contributed by atoms with Gasteiger partial charge in [0.15, 0.2) is 5.82 Å². The molecule has 7 nitrogen and oxygen atoms in total. The highest BCUT2D eigenvalue weighted by Crippen LogP contribution is 2.25. The first-order valence-electron chi connectivity index (χ1n) is 8.42. The minimum absolute atomic E-state index is 0.254. The van der Waals surface area contributed by atoms with Crippen molar-refractivity contribution in [2.45, 2.75) is 13.5 Å². The van der Waals surface area contributed by atoms with Crippen LogP contribution in [0.4, 0.5) is 4.39 Å². The topological polar surface area (TPSA) is 103 Å². The Morgan fingerprint density at radius 1 is 1.41 bits per heavy atom. The highest BCUT2D eigenvalue weighted by atomic mass is 19.1. The van der Waals surface area contributed by atoms with E-state index in [0.29, 0.717) is 30.0 Å². The average Bonchev–Trinajstić information content (AvgIpc) is 3.05. The number of H-pyrrole nitrogens is 1. The fraction of sp³-hybridized carbons (Fsp3) is 0.211. The number of amides is 1. The van der Waals surface area contributed by atoms with Crippen molar-refractivity contribution in [3.63, 3.8) is 0 Å². The van der Waals surface area contributed by atoms with Gasteiger partial charge in [-0.2, -0.15) is 0 Å². The number of nitrogens with two attached hydrogens (primary N) is 1. The van der Waals surface area contributed by atoms with Crippen molar-refractivity contribution in [3.05, 3.63) is 58.5 Å². The van der Waals surface area contributed by atoms with Crippen molar-refractivity contribution < 1.29 is 13.9 Å². The molecule has 3 aromatic rings. The highest BCUT2D eigenvalue weighted by Gasteiger charge is 2.11. The molecule has 3 rings (SSSR count). The van der Waals surface area contributed by atoms with E-state index in [-0.39, 0.29) is 6.54 Å². The predicted octanol–water partition coefficient (Wildman–Crippen LogP) is 2.07. The van der Waals surface area contributed by atoms with E-state index in [1.165, 1.54) is 16.7 Å². The van der Waals surface area contributed by atoms with Crippen LogP contribution in [0.25, 0.3) is 28.2 Å². The maximum absolute atomic E-state index is 14.1. The molecular weight excluding hydrogens is 351 g/mol. The number of nitrogens with zero attached hydrogens (tertiary/aromatic N) is 2. The third-order valence-corrected chi connectivity index (χ3v) is 4.05. The summed E-state index contributed by atoms with van der Waals surface area (Å²) in [6.45, 7) is 2.94. The van der Waals surface area contributed by atoms with Crippen LogP contribution in [-0.2, 0) is 16.1 Å². The molecule has 0 unspecified atom stereocenters. The van der Waals surface area contributed by atoms with Crippen molar-refractivity contribution in [3.8, 4) is 11.1 Å².